The minimum Gasteiger partial charge on any atom is -0.483 e. The first-order valence-electron chi connectivity index (χ1n) is 8.26. The highest BCUT2D eigenvalue weighted by atomic mass is 16.5. The highest BCUT2D eigenvalue weighted by molar-refractivity contribution is 5.96. The summed E-state index contributed by atoms with van der Waals surface area (Å²) >= 11 is 0. The molecule has 0 saturated heterocycles. The Morgan fingerprint density at radius 1 is 1.00 bits per heavy atom. The van der Waals surface area contributed by atoms with Crippen molar-refractivity contribution in [2.24, 2.45) is 0 Å². The number of hydrogen-bond acceptors (Lipinski definition) is 3. The van der Waals surface area contributed by atoms with E-state index in [0.29, 0.717) is 11.3 Å². The van der Waals surface area contributed by atoms with Crippen LogP contribution in [0.1, 0.15) is 35.3 Å². The van der Waals surface area contributed by atoms with Crippen LogP contribution in [0.25, 0.3) is 0 Å². The normalized spacial score (nSPS) is 10.4. The van der Waals surface area contributed by atoms with Crippen LogP contribution in [0.5, 0.6) is 5.75 Å². The van der Waals surface area contributed by atoms with Gasteiger partial charge in [0.25, 0.3) is 11.8 Å². The van der Waals surface area contributed by atoms with Gasteiger partial charge in [0.05, 0.1) is 0 Å². The fourth-order valence-electron chi connectivity index (χ4n) is 2.41. The van der Waals surface area contributed by atoms with Crippen LogP contribution in [0.4, 0.5) is 5.69 Å². The largest absolute Gasteiger partial charge is 0.483 e. The number of para-hydroxylation sites is 1. The number of hydrogen-bond donors (Lipinski definition) is 2. The molecule has 0 radical (unpaired) electrons. The van der Waals surface area contributed by atoms with E-state index in [1.807, 2.05) is 45.9 Å². The second-order valence-electron chi connectivity index (χ2n) is 6.26. The smallest absolute Gasteiger partial charge is 0.262 e. The summed E-state index contributed by atoms with van der Waals surface area (Å²) in [5, 5.41) is 5.58. The van der Waals surface area contributed by atoms with Gasteiger partial charge in [-0.1, -0.05) is 18.2 Å². The summed E-state index contributed by atoms with van der Waals surface area (Å²) < 4.78 is 5.63. The molecule has 0 atom stereocenters. The van der Waals surface area contributed by atoms with Crippen LogP contribution in [0, 0.1) is 13.8 Å². The van der Waals surface area contributed by atoms with E-state index >= 15 is 0 Å². The molecule has 5 heteroatoms. The molecule has 2 aromatic rings. The number of amides is 2. The quantitative estimate of drug-likeness (QED) is 0.846. The second kappa shape index (κ2) is 8.33. The van der Waals surface area contributed by atoms with Crippen molar-refractivity contribution in [3.05, 3.63) is 59.2 Å². The van der Waals surface area contributed by atoms with Gasteiger partial charge in [-0.2, -0.15) is 0 Å². The molecular weight excluding hydrogens is 316 g/mol. The molecule has 0 aromatic heterocycles. The molecule has 0 aliphatic rings. The third-order valence-electron chi connectivity index (χ3n) is 3.61. The van der Waals surface area contributed by atoms with Crippen molar-refractivity contribution in [2.45, 2.75) is 33.7 Å². The van der Waals surface area contributed by atoms with Crippen LogP contribution in [0.2, 0.25) is 0 Å². The first kappa shape index (κ1) is 18.5. The molecule has 5 nitrogen and oxygen atoms in total. The number of nitrogens with one attached hydrogen (secondary N) is 2. The summed E-state index contributed by atoms with van der Waals surface area (Å²) in [5.74, 6) is 0.353. The SMILES string of the molecule is Cc1cccc(C)c1OCC(=O)Nc1ccc(C(=O)NC(C)C)cc1. The van der Waals surface area contributed by atoms with Gasteiger partial charge in [-0.15, -0.1) is 0 Å². The van der Waals surface area contributed by atoms with Crippen LogP contribution >= 0.6 is 0 Å². The number of carbonyl (C=O) groups excluding carboxylic acids is 2. The number of anilines is 1. The Morgan fingerprint density at radius 3 is 2.16 bits per heavy atom. The molecule has 25 heavy (non-hydrogen) atoms. The minimum atomic E-state index is -0.248. The lowest BCUT2D eigenvalue weighted by Gasteiger charge is -2.12. The van der Waals surface area contributed by atoms with Crippen molar-refractivity contribution in [2.75, 3.05) is 11.9 Å². The van der Waals surface area contributed by atoms with Crippen LogP contribution in [-0.2, 0) is 4.79 Å². The zero-order valence-corrected chi connectivity index (χ0v) is 15.1. The van der Waals surface area contributed by atoms with Crippen LogP contribution in [0.15, 0.2) is 42.5 Å². The van der Waals surface area contributed by atoms with Gasteiger partial charge in [0, 0.05) is 17.3 Å². The number of rotatable bonds is 6. The maximum Gasteiger partial charge on any atom is 0.262 e. The van der Waals surface area contributed by atoms with Gasteiger partial charge in [0.2, 0.25) is 0 Å². The molecule has 0 bridgehead atoms. The Labute approximate surface area is 148 Å². The third-order valence-corrected chi connectivity index (χ3v) is 3.61. The molecule has 2 amide bonds. The lowest BCUT2D eigenvalue weighted by Crippen LogP contribution is -2.30. The predicted octanol–water partition coefficient (Wildman–Crippen LogP) is 3.46. The van der Waals surface area contributed by atoms with Gasteiger partial charge in [0.1, 0.15) is 5.75 Å². The number of carbonyl (C=O) groups is 2. The average molecular weight is 340 g/mol. The van der Waals surface area contributed by atoms with Gasteiger partial charge in [-0.3, -0.25) is 9.59 Å². The van der Waals surface area contributed by atoms with Gasteiger partial charge in [-0.25, -0.2) is 0 Å². The molecule has 0 fully saturated rings. The van der Waals surface area contributed by atoms with Crippen LogP contribution in [0.3, 0.4) is 0 Å². The Balaban J connectivity index is 1.91. The highest BCUT2D eigenvalue weighted by Crippen LogP contribution is 2.22. The first-order valence-corrected chi connectivity index (χ1v) is 8.26. The molecule has 0 aliphatic heterocycles. The molecule has 0 aliphatic carbocycles. The Bertz CT molecular complexity index is 732. The summed E-state index contributed by atoms with van der Waals surface area (Å²) in [5.41, 5.74) is 3.16. The lowest BCUT2D eigenvalue weighted by molar-refractivity contribution is -0.118. The predicted molar refractivity (Wildman–Crippen MR) is 99.1 cm³/mol. The van der Waals surface area contributed by atoms with Gasteiger partial charge < -0.3 is 15.4 Å². The highest BCUT2D eigenvalue weighted by Gasteiger charge is 2.09. The van der Waals surface area contributed by atoms with Crippen LogP contribution in [-0.4, -0.2) is 24.5 Å². The van der Waals surface area contributed by atoms with E-state index in [1.54, 1.807) is 24.3 Å². The monoisotopic (exact) mass is 340 g/mol. The van der Waals surface area contributed by atoms with Crippen molar-refractivity contribution >= 4 is 17.5 Å². The summed E-state index contributed by atoms with van der Waals surface area (Å²) in [7, 11) is 0. The summed E-state index contributed by atoms with van der Waals surface area (Å²) in [6, 6.07) is 12.7. The third kappa shape index (κ3) is 5.35. The maximum atomic E-state index is 12.1. The van der Waals surface area contributed by atoms with E-state index in [4.69, 9.17) is 4.74 Å². The fraction of sp³-hybridized carbons (Fsp3) is 0.300. The van der Waals surface area contributed by atoms with Crippen LogP contribution < -0.4 is 15.4 Å². The first-order chi connectivity index (χ1) is 11.9. The zero-order valence-electron chi connectivity index (χ0n) is 15.1. The second-order valence-corrected chi connectivity index (χ2v) is 6.26. The zero-order chi connectivity index (χ0) is 18.4. The van der Waals surface area contributed by atoms with E-state index in [2.05, 4.69) is 10.6 Å². The van der Waals surface area contributed by atoms with E-state index in [9.17, 15) is 9.59 Å². The summed E-state index contributed by atoms with van der Waals surface area (Å²) in [6.07, 6.45) is 0. The van der Waals surface area contributed by atoms with Crippen molar-refractivity contribution < 1.29 is 14.3 Å². The molecule has 0 heterocycles. The van der Waals surface area contributed by atoms with Gasteiger partial charge in [-0.05, 0) is 63.1 Å². The van der Waals surface area contributed by atoms with E-state index in [-0.39, 0.29) is 24.5 Å². The number of ether oxygens (including phenoxy) is 1. The Morgan fingerprint density at radius 2 is 1.60 bits per heavy atom. The summed E-state index contributed by atoms with van der Waals surface area (Å²) in [4.78, 5) is 24.0. The van der Waals surface area contributed by atoms with E-state index in [1.165, 1.54) is 0 Å². The van der Waals surface area contributed by atoms with E-state index < -0.39 is 0 Å². The molecule has 132 valence electrons. The molecule has 0 unspecified atom stereocenters. The van der Waals surface area contributed by atoms with E-state index in [0.717, 1.165) is 16.9 Å². The van der Waals surface area contributed by atoms with Crippen molar-refractivity contribution in [1.29, 1.82) is 0 Å². The maximum absolute atomic E-state index is 12.1. The molecule has 2 N–H and O–H groups in total. The molecule has 0 spiro atoms. The number of aryl methyl sites for hydroxylation is 2. The van der Waals surface area contributed by atoms with Gasteiger partial charge >= 0.3 is 0 Å². The summed E-state index contributed by atoms with van der Waals surface area (Å²) in [6.45, 7) is 7.63. The molecule has 0 saturated carbocycles. The standard InChI is InChI=1S/C20H24N2O3/c1-13(2)21-20(24)16-8-10-17(11-9-16)22-18(23)12-25-19-14(3)6-5-7-15(19)4/h5-11,13H,12H2,1-4H3,(H,21,24)(H,22,23). The Hall–Kier alpha value is -2.82. The van der Waals surface area contributed by atoms with Crippen molar-refractivity contribution in [3.63, 3.8) is 0 Å². The molecule has 2 rings (SSSR count). The van der Waals surface area contributed by atoms with Crippen molar-refractivity contribution in [1.82, 2.24) is 5.32 Å². The fourth-order valence-corrected chi connectivity index (χ4v) is 2.41. The molecular formula is C20H24N2O3. The van der Waals surface area contributed by atoms with Gasteiger partial charge in [0.15, 0.2) is 6.61 Å². The lowest BCUT2D eigenvalue weighted by atomic mass is 10.1. The van der Waals surface area contributed by atoms with Crippen molar-refractivity contribution in [3.8, 4) is 5.75 Å². The average Bonchev–Trinajstić information content (AvgIpc) is 2.54. The number of benzene rings is 2. The molecule has 2 aromatic carbocycles. The Kier molecular flexibility index (Phi) is 6.17. The topological polar surface area (TPSA) is 67.4 Å². The minimum absolute atomic E-state index is 0.0682.